The summed E-state index contributed by atoms with van der Waals surface area (Å²) in [6.07, 6.45) is 4.94. The number of rotatable bonds is 5. The Morgan fingerprint density at radius 2 is 2.21 bits per heavy atom. The molecule has 0 aliphatic heterocycles. The summed E-state index contributed by atoms with van der Waals surface area (Å²) in [6.45, 7) is 6.31. The molecule has 1 aromatic rings. The summed E-state index contributed by atoms with van der Waals surface area (Å²) in [6, 6.07) is 8.50. The zero-order valence-corrected chi connectivity index (χ0v) is 12.3. The molecule has 1 aliphatic rings. The summed E-state index contributed by atoms with van der Waals surface area (Å²) >= 11 is 0. The van der Waals surface area contributed by atoms with Gasteiger partial charge in [-0.25, -0.2) is 0 Å². The predicted molar refractivity (Wildman–Crippen MR) is 81.3 cm³/mol. The first-order chi connectivity index (χ1) is 9.17. The van der Waals surface area contributed by atoms with E-state index < -0.39 is 0 Å². The summed E-state index contributed by atoms with van der Waals surface area (Å²) in [5.74, 6) is 1.48. The van der Waals surface area contributed by atoms with Gasteiger partial charge in [0.2, 0.25) is 0 Å². The quantitative estimate of drug-likeness (QED) is 0.799. The molecule has 2 unspecified atom stereocenters. The lowest BCUT2D eigenvalue weighted by Crippen LogP contribution is -2.20. The van der Waals surface area contributed by atoms with Crippen LogP contribution in [0.5, 0.6) is 0 Å². The first kappa shape index (κ1) is 14.1. The van der Waals surface area contributed by atoms with Gasteiger partial charge < -0.3 is 10.1 Å². The SMILES string of the molecule is COCc1cccc(NCC2CC(C)=CC(C)C2)c1. The third-order valence-electron chi connectivity index (χ3n) is 3.72. The van der Waals surface area contributed by atoms with Gasteiger partial charge in [0.05, 0.1) is 6.61 Å². The van der Waals surface area contributed by atoms with Gasteiger partial charge in [-0.15, -0.1) is 0 Å². The van der Waals surface area contributed by atoms with Crippen LogP contribution in [-0.4, -0.2) is 13.7 Å². The summed E-state index contributed by atoms with van der Waals surface area (Å²) in [5, 5.41) is 3.57. The maximum Gasteiger partial charge on any atom is 0.0713 e. The minimum Gasteiger partial charge on any atom is -0.385 e. The molecule has 0 heterocycles. The van der Waals surface area contributed by atoms with E-state index in [-0.39, 0.29) is 0 Å². The average Bonchev–Trinajstić information content (AvgIpc) is 2.36. The number of methoxy groups -OCH3 is 1. The van der Waals surface area contributed by atoms with Crippen molar-refractivity contribution in [2.75, 3.05) is 19.0 Å². The highest BCUT2D eigenvalue weighted by Crippen LogP contribution is 2.28. The summed E-state index contributed by atoms with van der Waals surface area (Å²) in [4.78, 5) is 0. The number of hydrogen-bond donors (Lipinski definition) is 1. The van der Waals surface area contributed by atoms with E-state index >= 15 is 0 Å². The Bertz CT molecular complexity index is 439. The van der Waals surface area contributed by atoms with Gasteiger partial charge in [0.15, 0.2) is 0 Å². The van der Waals surface area contributed by atoms with Crippen molar-refractivity contribution < 1.29 is 4.74 Å². The van der Waals surface area contributed by atoms with Crippen molar-refractivity contribution >= 4 is 5.69 Å². The van der Waals surface area contributed by atoms with Crippen LogP contribution >= 0.6 is 0 Å². The van der Waals surface area contributed by atoms with Crippen LogP contribution in [0, 0.1) is 11.8 Å². The number of benzene rings is 1. The molecule has 2 nitrogen and oxygen atoms in total. The molecular formula is C17H25NO. The van der Waals surface area contributed by atoms with Gasteiger partial charge in [-0.2, -0.15) is 0 Å². The van der Waals surface area contributed by atoms with Crippen molar-refractivity contribution in [2.45, 2.75) is 33.3 Å². The lowest BCUT2D eigenvalue weighted by molar-refractivity contribution is 0.185. The number of anilines is 1. The number of allylic oxidation sites excluding steroid dienone is 2. The van der Waals surface area contributed by atoms with Crippen LogP contribution in [-0.2, 0) is 11.3 Å². The first-order valence-corrected chi connectivity index (χ1v) is 7.16. The fourth-order valence-electron chi connectivity index (χ4n) is 3.04. The molecule has 0 radical (unpaired) electrons. The fraction of sp³-hybridized carbons (Fsp3) is 0.529. The van der Waals surface area contributed by atoms with Crippen LogP contribution < -0.4 is 5.32 Å². The van der Waals surface area contributed by atoms with E-state index in [0.717, 1.165) is 18.4 Å². The molecule has 0 spiro atoms. The second kappa shape index (κ2) is 6.76. The highest BCUT2D eigenvalue weighted by atomic mass is 16.5. The standard InChI is InChI=1S/C17H25NO/c1-13-7-14(2)9-16(8-13)11-18-17-6-4-5-15(10-17)12-19-3/h4-7,10,13,16,18H,8-9,11-12H2,1-3H3. The Hall–Kier alpha value is -1.28. The normalized spacial score (nSPS) is 23.0. The largest absolute Gasteiger partial charge is 0.385 e. The van der Waals surface area contributed by atoms with Crippen molar-refractivity contribution in [2.24, 2.45) is 11.8 Å². The van der Waals surface area contributed by atoms with Gasteiger partial charge in [-0.05, 0) is 49.3 Å². The van der Waals surface area contributed by atoms with Gasteiger partial charge >= 0.3 is 0 Å². The molecule has 1 aliphatic carbocycles. The molecular weight excluding hydrogens is 234 g/mol. The fourth-order valence-corrected chi connectivity index (χ4v) is 3.04. The lowest BCUT2D eigenvalue weighted by atomic mass is 9.84. The second-order valence-electron chi connectivity index (χ2n) is 5.81. The van der Waals surface area contributed by atoms with E-state index in [1.165, 1.54) is 24.1 Å². The summed E-state index contributed by atoms with van der Waals surface area (Å²) in [5.41, 5.74) is 3.97. The molecule has 19 heavy (non-hydrogen) atoms. The van der Waals surface area contributed by atoms with Crippen molar-refractivity contribution in [3.63, 3.8) is 0 Å². The highest BCUT2D eigenvalue weighted by Gasteiger charge is 2.17. The van der Waals surface area contributed by atoms with Crippen molar-refractivity contribution in [3.8, 4) is 0 Å². The van der Waals surface area contributed by atoms with Crippen LogP contribution in [0.4, 0.5) is 5.69 Å². The first-order valence-electron chi connectivity index (χ1n) is 7.16. The third-order valence-corrected chi connectivity index (χ3v) is 3.72. The molecule has 104 valence electrons. The van der Waals surface area contributed by atoms with Crippen molar-refractivity contribution in [1.29, 1.82) is 0 Å². The minimum absolute atomic E-state index is 0.678. The Balaban J connectivity index is 1.88. The van der Waals surface area contributed by atoms with E-state index in [2.05, 4.69) is 49.5 Å². The number of nitrogens with one attached hydrogen (secondary N) is 1. The topological polar surface area (TPSA) is 21.3 Å². The van der Waals surface area contributed by atoms with Crippen LogP contribution in [0.25, 0.3) is 0 Å². The highest BCUT2D eigenvalue weighted by molar-refractivity contribution is 5.45. The van der Waals surface area contributed by atoms with E-state index in [4.69, 9.17) is 4.74 Å². The van der Waals surface area contributed by atoms with Crippen LogP contribution in [0.15, 0.2) is 35.9 Å². The molecule has 0 saturated heterocycles. The molecule has 0 saturated carbocycles. The minimum atomic E-state index is 0.678. The smallest absolute Gasteiger partial charge is 0.0713 e. The Morgan fingerprint density at radius 1 is 1.37 bits per heavy atom. The predicted octanol–water partition coefficient (Wildman–Crippen LogP) is 4.24. The van der Waals surface area contributed by atoms with E-state index in [1.807, 2.05) is 0 Å². The Kier molecular flexibility index (Phi) is 5.03. The molecule has 1 aromatic carbocycles. The van der Waals surface area contributed by atoms with Crippen molar-refractivity contribution in [1.82, 2.24) is 0 Å². The lowest BCUT2D eigenvalue weighted by Gasteiger charge is -2.26. The maximum absolute atomic E-state index is 5.17. The molecule has 1 N–H and O–H groups in total. The van der Waals surface area contributed by atoms with Gasteiger partial charge in [-0.3, -0.25) is 0 Å². The van der Waals surface area contributed by atoms with E-state index in [1.54, 1.807) is 12.7 Å². The van der Waals surface area contributed by atoms with Gasteiger partial charge in [-0.1, -0.05) is 30.7 Å². The number of hydrogen-bond acceptors (Lipinski definition) is 2. The van der Waals surface area contributed by atoms with E-state index in [0.29, 0.717) is 6.61 Å². The molecule has 2 atom stereocenters. The van der Waals surface area contributed by atoms with Crippen molar-refractivity contribution in [3.05, 3.63) is 41.5 Å². The molecule has 0 aromatic heterocycles. The van der Waals surface area contributed by atoms with Crippen LogP contribution in [0.1, 0.15) is 32.3 Å². The summed E-state index contributed by atoms with van der Waals surface area (Å²) in [7, 11) is 1.73. The van der Waals surface area contributed by atoms with Crippen LogP contribution in [0.3, 0.4) is 0 Å². The summed E-state index contributed by atoms with van der Waals surface area (Å²) < 4.78 is 5.17. The number of ether oxygens (including phenoxy) is 1. The monoisotopic (exact) mass is 259 g/mol. The molecule has 2 rings (SSSR count). The molecule has 0 fully saturated rings. The average molecular weight is 259 g/mol. The zero-order chi connectivity index (χ0) is 13.7. The Labute approximate surface area is 116 Å². The molecule has 0 amide bonds. The van der Waals surface area contributed by atoms with Crippen LogP contribution in [0.2, 0.25) is 0 Å². The van der Waals surface area contributed by atoms with E-state index in [9.17, 15) is 0 Å². The molecule has 0 bridgehead atoms. The Morgan fingerprint density at radius 3 is 2.95 bits per heavy atom. The van der Waals surface area contributed by atoms with Gasteiger partial charge in [0, 0.05) is 19.3 Å². The van der Waals surface area contributed by atoms with Gasteiger partial charge in [0.1, 0.15) is 0 Å². The molecule has 2 heteroatoms. The second-order valence-corrected chi connectivity index (χ2v) is 5.81. The zero-order valence-electron chi connectivity index (χ0n) is 12.3. The maximum atomic E-state index is 5.17. The van der Waals surface area contributed by atoms with Gasteiger partial charge in [0.25, 0.3) is 0 Å². The third kappa shape index (κ3) is 4.39.